The summed E-state index contributed by atoms with van der Waals surface area (Å²) >= 11 is 9.33. The van der Waals surface area contributed by atoms with Crippen molar-refractivity contribution in [2.75, 3.05) is 17.3 Å². The second-order valence-corrected chi connectivity index (χ2v) is 7.40. The monoisotopic (exact) mass is 324 g/mol. The topological polar surface area (TPSA) is 38.0 Å². The minimum absolute atomic E-state index is 0.267. The molecule has 1 aromatic heterocycles. The van der Waals surface area contributed by atoms with Crippen LogP contribution in [0, 0.1) is 0 Å². The molecule has 1 aromatic rings. The third kappa shape index (κ3) is 2.92. The van der Waals surface area contributed by atoms with E-state index in [9.17, 15) is 0 Å². The number of rotatable bonds is 3. The highest BCUT2D eigenvalue weighted by molar-refractivity contribution is 9.10. The van der Waals surface area contributed by atoms with Crippen molar-refractivity contribution in [3.05, 3.63) is 20.8 Å². The summed E-state index contributed by atoms with van der Waals surface area (Å²) in [6.07, 6.45) is 0. The van der Waals surface area contributed by atoms with E-state index in [4.69, 9.17) is 5.84 Å². The Balaban J connectivity index is 2.12. The van der Waals surface area contributed by atoms with E-state index in [1.54, 1.807) is 11.3 Å². The summed E-state index contributed by atoms with van der Waals surface area (Å²) in [7, 11) is 0. The van der Waals surface area contributed by atoms with Crippen molar-refractivity contribution in [3.8, 4) is 0 Å². The number of thioether (sulfide) groups is 2. The number of hydrogen-bond acceptors (Lipinski definition) is 5. The Morgan fingerprint density at radius 1 is 1.47 bits per heavy atom. The van der Waals surface area contributed by atoms with Crippen LogP contribution in [0.2, 0.25) is 0 Å². The number of halogens is 1. The molecule has 2 heterocycles. The lowest BCUT2D eigenvalue weighted by Crippen LogP contribution is -2.37. The molecule has 84 valence electrons. The highest BCUT2D eigenvalue weighted by Crippen LogP contribution is 2.37. The van der Waals surface area contributed by atoms with Gasteiger partial charge in [0.25, 0.3) is 0 Å². The molecule has 2 unspecified atom stereocenters. The van der Waals surface area contributed by atoms with Crippen LogP contribution in [0.3, 0.4) is 0 Å². The summed E-state index contributed by atoms with van der Waals surface area (Å²) in [6, 6.07) is 0.267. The quantitative estimate of drug-likeness (QED) is 0.662. The van der Waals surface area contributed by atoms with Crippen LogP contribution in [0.15, 0.2) is 15.2 Å². The first-order valence-corrected chi connectivity index (χ1v) is 8.64. The third-order valence-corrected chi connectivity index (χ3v) is 6.99. The van der Waals surface area contributed by atoms with Crippen LogP contribution < -0.4 is 11.3 Å². The van der Waals surface area contributed by atoms with Crippen LogP contribution in [0.25, 0.3) is 0 Å². The highest BCUT2D eigenvalue weighted by atomic mass is 79.9. The van der Waals surface area contributed by atoms with Gasteiger partial charge in [0.15, 0.2) is 0 Å². The molecule has 3 N–H and O–H groups in total. The molecule has 0 radical (unpaired) electrons. The summed E-state index contributed by atoms with van der Waals surface area (Å²) in [4.78, 5) is 0. The summed E-state index contributed by atoms with van der Waals surface area (Å²) in [5.41, 5.74) is 4.25. The van der Waals surface area contributed by atoms with Gasteiger partial charge in [0, 0.05) is 32.4 Å². The van der Waals surface area contributed by atoms with Gasteiger partial charge in [-0.3, -0.25) is 11.3 Å². The van der Waals surface area contributed by atoms with Crippen molar-refractivity contribution in [1.29, 1.82) is 0 Å². The van der Waals surface area contributed by atoms with E-state index in [1.807, 2.05) is 23.5 Å². The molecule has 0 bridgehead atoms. The van der Waals surface area contributed by atoms with E-state index in [0.717, 1.165) is 0 Å². The fraction of sp³-hybridized carbons (Fsp3) is 0.556. The molecule has 0 amide bonds. The van der Waals surface area contributed by atoms with Gasteiger partial charge in [-0.1, -0.05) is 0 Å². The second kappa shape index (κ2) is 5.93. The smallest absolute Gasteiger partial charge is 0.0605 e. The maximum Gasteiger partial charge on any atom is 0.0605 e. The van der Waals surface area contributed by atoms with Crippen LogP contribution in [0.5, 0.6) is 0 Å². The molecule has 1 saturated heterocycles. The van der Waals surface area contributed by atoms with Crippen LogP contribution in [0.4, 0.5) is 0 Å². The van der Waals surface area contributed by atoms with Gasteiger partial charge in [-0.2, -0.15) is 34.9 Å². The summed E-state index contributed by atoms with van der Waals surface area (Å²) in [6.45, 7) is 0. The summed E-state index contributed by atoms with van der Waals surface area (Å²) in [5.74, 6) is 9.36. The van der Waals surface area contributed by atoms with Crippen LogP contribution in [-0.4, -0.2) is 22.5 Å². The lowest BCUT2D eigenvalue weighted by Gasteiger charge is -2.28. The Hall–Kier alpha value is 0.800. The van der Waals surface area contributed by atoms with Crippen molar-refractivity contribution in [2.24, 2.45) is 5.84 Å². The Bertz CT molecular complexity index is 312. The maximum absolute atomic E-state index is 5.67. The molecule has 2 rings (SSSR count). The van der Waals surface area contributed by atoms with Crippen molar-refractivity contribution in [2.45, 2.75) is 11.3 Å². The average molecular weight is 325 g/mol. The van der Waals surface area contributed by atoms with Crippen molar-refractivity contribution in [1.82, 2.24) is 5.43 Å². The predicted octanol–water partition coefficient (Wildman–Crippen LogP) is 2.86. The zero-order valence-electron chi connectivity index (χ0n) is 8.11. The first kappa shape index (κ1) is 12.3. The van der Waals surface area contributed by atoms with E-state index in [1.165, 1.54) is 27.3 Å². The number of hydrazine groups is 1. The molecule has 15 heavy (non-hydrogen) atoms. The Labute approximate surface area is 111 Å². The fourth-order valence-electron chi connectivity index (χ4n) is 1.61. The molecule has 6 heteroatoms. The molecular weight excluding hydrogens is 312 g/mol. The molecular formula is C9H13BrN2S3. The van der Waals surface area contributed by atoms with Gasteiger partial charge >= 0.3 is 0 Å². The molecule has 2 nitrogen and oxygen atoms in total. The van der Waals surface area contributed by atoms with Gasteiger partial charge in [0.1, 0.15) is 0 Å². The summed E-state index contributed by atoms with van der Waals surface area (Å²) in [5, 5.41) is 4.87. The lowest BCUT2D eigenvalue weighted by atomic mass is 10.1. The third-order valence-electron chi connectivity index (χ3n) is 2.37. The fourth-order valence-corrected chi connectivity index (χ4v) is 6.03. The predicted molar refractivity (Wildman–Crippen MR) is 75.7 cm³/mol. The molecule has 1 aliphatic rings. The molecule has 1 aliphatic heterocycles. The van der Waals surface area contributed by atoms with Gasteiger partial charge in [0.05, 0.1) is 6.04 Å². The van der Waals surface area contributed by atoms with Gasteiger partial charge < -0.3 is 0 Å². The van der Waals surface area contributed by atoms with Crippen LogP contribution >= 0.6 is 50.8 Å². The van der Waals surface area contributed by atoms with Gasteiger partial charge in [-0.25, -0.2) is 0 Å². The molecule has 0 aromatic carbocycles. The van der Waals surface area contributed by atoms with Gasteiger partial charge in [-0.15, -0.1) is 0 Å². The van der Waals surface area contributed by atoms with E-state index >= 15 is 0 Å². The summed E-state index contributed by atoms with van der Waals surface area (Å²) < 4.78 is 1.17. The average Bonchev–Trinajstić information content (AvgIpc) is 2.68. The van der Waals surface area contributed by atoms with Crippen LogP contribution in [-0.2, 0) is 0 Å². The molecule has 0 saturated carbocycles. The normalized spacial score (nSPS) is 24.0. The molecule has 0 spiro atoms. The Kier molecular flexibility index (Phi) is 4.85. The Morgan fingerprint density at radius 3 is 2.87 bits per heavy atom. The molecule has 0 aliphatic carbocycles. The van der Waals surface area contributed by atoms with Crippen LogP contribution in [0.1, 0.15) is 11.6 Å². The van der Waals surface area contributed by atoms with E-state index in [2.05, 4.69) is 32.1 Å². The van der Waals surface area contributed by atoms with E-state index < -0.39 is 0 Å². The zero-order valence-corrected chi connectivity index (χ0v) is 12.1. The van der Waals surface area contributed by atoms with E-state index in [-0.39, 0.29) is 6.04 Å². The lowest BCUT2D eigenvalue weighted by molar-refractivity contribution is 0.552. The maximum atomic E-state index is 5.67. The highest BCUT2D eigenvalue weighted by Gasteiger charge is 2.26. The number of thiophene rings is 1. The minimum atomic E-state index is 0.267. The number of nitrogens with two attached hydrogens (primary N) is 1. The van der Waals surface area contributed by atoms with Crippen molar-refractivity contribution in [3.63, 3.8) is 0 Å². The van der Waals surface area contributed by atoms with Crippen molar-refractivity contribution < 1.29 is 0 Å². The largest absolute Gasteiger partial charge is 0.271 e. The van der Waals surface area contributed by atoms with Gasteiger partial charge in [-0.05, 0) is 26.9 Å². The SMILES string of the molecule is NNC(c1cscc1Br)C1CSCCS1. The first-order chi connectivity index (χ1) is 7.33. The first-order valence-electron chi connectivity index (χ1n) is 4.70. The van der Waals surface area contributed by atoms with E-state index in [0.29, 0.717) is 5.25 Å². The molecule has 2 atom stereocenters. The Morgan fingerprint density at radius 2 is 2.33 bits per heavy atom. The van der Waals surface area contributed by atoms with Crippen molar-refractivity contribution >= 4 is 50.8 Å². The zero-order chi connectivity index (χ0) is 10.7. The number of hydrogen-bond donors (Lipinski definition) is 2. The minimum Gasteiger partial charge on any atom is -0.271 e. The second-order valence-electron chi connectivity index (χ2n) is 3.30. The number of nitrogens with one attached hydrogen (secondary N) is 1. The van der Waals surface area contributed by atoms with Gasteiger partial charge in [0.2, 0.25) is 0 Å². The standard InChI is InChI=1S/C9H13BrN2S3/c10-7-4-14-3-6(7)9(12-11)8-5-13-1-2-15-8/h3-4,8-9,12H,1-2,5,11H2. The molecule has 1 fully saturated rings.